The maximum Gasteiger partial charge on any atom is 0.338 e. The lowest BCUT2D eigenvalue weighted by atomic mass is 9.51. The van der Waals surface area contributed by atoms with Gasteiger partial charge in [-0.2, -0.15) is 8.42 Å². The molecule has 2 aliphatic carbocycles. The van der Waals surface area contributed by atoms with Crippen molar-refractivity contribution in [1.29, 1.82) is 0 Å². The second-order valence-corrected chi connectivity index (χ2v) is 18.4. The number of fused-ring (bicyclic) bond motifs is 1. The Labute approximate surface area is 298 Å². The van der Waals surface area contributed by atoms with Crippen molar-refractivity contribution in [2.75, 3.05) is 6.61 Å². The molecular weight excluding hydrogens is 688 g/mol. The zero-order chi connectivity index (χ0) is 35.8. The molecule has 2 aromatic carbocycles. The molecule has 1 N–H and O–H groups in total. The maximum absolute atomic E-state index is 14.4. The minimum absolute atomic E-state index is 0.00824. The first-order valence-electron chi connectivity index (χ1n) is 17.7. The number of esters is 1. The van der Waals surface area contributed by atoms with E-state index >= 15 is 0 Å². The number of carbonyl (C=O) groups excluding carboxylic acids is 1. The number of aliphatic hydroxyl groups excluding tert-OH is 1. The quantitative estimate of drug-likeness (QED) is 0.125. The van der Waals surface area contributed by atoms with Gasteiger partial charge in [0.1, 0.15) is 11.0 Å². The topological polar surface area (TPSA) is 89.9 Å². The molecule has 6 atom stereocenters. The Morgan fingerprint density at radius 3 is 2.12 bits per heavy atom. The van der Waals surface area contributed by atoms with Gasteiger partial charge in [-0.15, -0.1) is 6.58 Å². The fourth-order valence-corrected chi connectivity index (χ4v) is 10.2. The molecule has 4 rings (SSSR count). The Balaban J connectivity index is 1.74. The molecule has 2 aromatic rings. The van der Waals surface area contributed by atoms with Crippen LogP contribution in [0.1, 0.15) is 146 Å². The number of hydrogen-bond acceptors (Lipinski definition) is 6. The van der Waals surface area contributed by atoms with E-state index in [0.717, 1.165) is 46.0 Å². The summed E-state index contributed by atoms with van der Waals surface area (Å²) in [6, 6.07) is 11.2. The standard InChI is InChI=1S/C40H57BrO6S/c1-24(2)13-18-35(42)40(10)22-36(47-38(43)28-14-16-30(41)17-15-28)39(9)19-11-12-33(39)34(40)23-46-48(44,45)37-31(26(5)6)20-29(25(3)4)21-32(37)27(7)8/h14-17,20-21,25-27,33-36,42H,1,11-13,18-19,22-23H2,2-10H3/t33-,34+,35+,36+,39-,40-/m1/s1. The second kappa shape index (κ2) is 15.1. The predicted octanol–water partition coefficient (Wildman–Crippen LogP) is 10.3. The van der Waals surface area contributed by atoms with E-state index in [2.05, 4.69) is 43.3 Å². The molecule has 2 aliphatic rings. The SMILES string of the molecule is C=C(C)CC[C@H](O)[C@]1(C)C[C@H](OC(=O)c2ccc(Br)cc2)[C@]2(C)CCC[C@@H]2[C@@H]1COS(=O)(=O)c1c(C(C)C)cc(C(C)C)cc1C(C)C. The normalized spacial score (nSPS) is 26.6. The highest BCUT2D eigenvalue weighted by atomic mass is 79.9. The van der Waals surface area contributed by atoms with Crippen LogP contribution in [-0.2, 0) is 19.0 Å². The lowest BCUT2D eigenvalue weighted by Crippen LogP contribution is -2.58. The van der Waals surface area contributed by atoms with Crippen LogP contribution in [0.5, 0.6) is 0 Å². The molecule has 8 heteroatoms. The van der Waals surface area contributed by atoms with E-state index < -0.39 is 27.7 Å². The number of ether oxygens (including phenoxy) is 1. The first-order valence-corrected chi connectivity index (χ1v) is 19.9. The molecule has 266 valence electrons. The summed E-state index contributed by atoms with van der Waals surface area (Å²) in [6.45, 7) is 22.5. The van der Waals surface area contributed by atoms with Crippen molar-refractivity contribution in [3.05, 3.63) is 75.3 Å². The maximum atomic E-state index is 14.4. The van der Waals surface area contributed by atoms with Crippen molar-refractivity contribution < 1.29 is 27.2 Å². The molecule has 0 unspecified atom stereocenters. The molecule has 0 aromatic heterocycles. The molecule has 6 nitrogen and oxygen atoms in total. The zero-order valence-corrected chi connectivity index (χ0v) is 32.8. The lowest BCUT2D eigenvalue weighted by molar-refractivity contribution is -0.164. The van der Waals surface area contributed by atoms with E-state index in [4.69, 9.17) is 8.92 Å². The van der Waals surface area contributed by atoms with E-state index in [0.29, 0.717) is 24.8 Å². The van der Waals surface area contributed by atoms with Gasteiger partial charge < -0.3 is 9.84 Å². The van der Waals surface area contributed by atoms with Gasteiger partial charge in [0.05, 0.1) is 18.3 Å². The monoisotopic (exact) mass is 744 g/mol. The van der Waals surface area contributed by atoms with Crippen LogP contribution < -0.4 is 0 Å². The Morgan fingerprint density at radius 2 is 1.60 bits per heavy atom. The number of allylic oxidation sites excluding steroid dienone is 1. The van der Waals surface area contributed by atoms with Gasteiger partial charge in [-0.3, -0.25) is 4.18 Å². The van der Waals surface area contributed by atoms with Crippen LogP contribution in [0.15, 0.2) is 57.9 Å². The van der Waals surface area contributed by atoms with Gasteiger partial charge in [-0.1, -0.05) is 95.4 Å². The molecule has 0 saturated heterocycles. The number of rotatable bonds is 13. The van der Waals surface area contributed by atoms with Gasteiger partial charge in [0, 0.05) is 15.3 Å². The third-order valence-corrected chi connectivity index (χ3v) is 13.4. The molecule has 0 amide bonds. The van der Waals surface area contributed by atoms with Crippen LogP contribution in [-0.4, -0.2) is 38.3 Å². The van der Waals surface area contributed by atoms with Crippen molar-refractivity contribution in [3.63, 3.8) is 0 Å². The largest absolute Gasteiger partial charge is 0.458 e. The smallest absolute Gasteiger partial charge is 0.338 e. The molecule has 2 saturated carbocycles. The fourth-order valence-electron chi connectivity index (χ4n) is 8.28. The summed E-state index contributed by atoms with van der Waals surface area (Å²) >= 11 is 3.43. The molecular formula is C40H57BrO6S. The minimum Gasteiger partial charge on any atom is -0.458 e. The van der Waals surface area contributed by atoms with E-state index in [1.54, 1.807) is 12.1 Å². The summed E-state index contributed by atoms with van der Waals surface area (Å²) in [5.41, 5.74) is 2.97. The molecule has 0 bridgehead atoms. The van der Waals surface area contributed by atoms with Crippen LogP contribution in [0.25, 0.3) is 0 Å². The summed E-state index contributed by atoms with van der Waals surface area (Å²) in [5, 5.41) is 11.9. The third-order valence-electron chi connectivity index (χ3n) is 11.4. The van der Waals surface area contributed by atoms with Crippen LogP contribution in [0, 0.1) is 22.7 Å². The fraction of sp³-hybridized carbons (Fsp3) is 0.625. The predicted molar refractivity (Wildman–Crippen MR) is 197 cm³/mol. The molecule has 0 heterocycles. The molecule has 48 heavy (non-hydrogen) atoms. The number of benzene rings is 2. The Bertz CT molecular complexity index is 1550. The van der Waals surface area contributed by atoms with Crippen LogP contribution in [0.2, 0.25) is 0 Å². The van der Waals surface area contributed by atoms with Crippen molar-refractivity contribution in [2.45, 2.75) is 136 Å². The average Bonchev–Trinajstić information content (AvgIpc) is 3.41. The van der Waals surface area contributed by atoms with E-state index in [9.17, 15) is 18.3 Å². The first-order chi connectivity index (χ1) is 22.3. The first kappa shape index (κ1) is 38.8. The minimum atomic E-state index is -4.16. The molecule has 2 fully saturated rings. The number of aliphatic hydroxyl groups is 1. The van der Waals surface area contributed by atoms with Crippen molar-refractivity contribution in [3.8, 4) is 0 Å². The zero-order valence-electron chi connectivity index (χ0n) is 30.4. The number of halogens is 1. The van der Waals surface area contributed by atoms with E-state index in [-0.39, 0.29) is 52.5 Å². The third kappa shape index (κ3) is 7.98. The molecule has 0 aliphatic heterocycles. The molecule has 0 radical (unpaired) electrons. The Morgan fingerprint density at radius 1 is 1.02 bits per heavy atom. The second-order valence-electron chi connectivity index (χ2n) is 16.0. The van der Waals surface area contributed by atoms with Gasteiger partial charge in [0.25, 0.3) is 10.1 Å². The van der Waals surface area contributed by atoms with Crippen LogP contribution in [0.4, 0.5) is 0 Å². The highest BCUT2D eigenvalue weighted by Gasteiger charge is 2.61. The van der Waals surface area contributed by atoms with Gasteiger partial charge >= 0.3 is 5.97 Å². The Kier molecular flexibility index (Phi) is 12.2. The van der Waals surface area contributed by atoms with Crippen LogP contribution in [0.3, 0.4) is 0 Å². The Hall–Kier alpha value is -2.00. The summed E-state index contributed by atoms with van der Waals surface area (Å²) in [5.74, 6) is -0.445. The molecule has 0 spiro atoms. The van der Waals surface area contributed by atoms with E-state index in [1.807, 2.05) is 65.8 Å². The van der Waals surface area contributed by atoms with Gasteiger partial charge in [0.2, 0.25) is 0 Å². The average molecular weight is 746 g/mol. The lowest BCUT2D eigenvalue weighted by Gasteiger charge is -2.56. The van der Waals surface area contributed by atoms with E-state index in [1.165, 1.54) is 0 Å². The summed E-state index contributed by atoms with van der Waals surface area (Å²) in [6.07, 6.45) is 2.95. The summed E-state index contributed by atoms with van der Waals surface area (Å²) in [4.78, 5) is 13.8. The highest BCUT2D eigenvalue weighted by Crippen LogP contribution is 2.62. The van der Waals surface area contributed by atoms with Gasteiger partial charge in [-0.05, 0) is 110 Å². The number of hydrogen-bond donors (Lipinski definition) is 1. The van der Waals surface area contributed by atoms with Gasteiger partial charge in [-0.25, -0.2) is 4.79 Å². The summed E-state index contributed by atoms with van der Waals surface area (Å²) < 4.78 is 42.2. The van der Waals surface area contributed by atoms with Crippen LogP contribution >= 0.6 is 15.9 Å². The summed E-state index contributed by atoms with van der Waals surface area (Å²) in [7, 11) is -4.16. The van der Waals surface area contributed by atoms with Gasteiger partial charge in [0.15, 0.2) is 0 Å². The highest BCUT2D eigenvalue weighted by molar-refractivity contribution is 9.10. The van der Waals surface area contributed by atoms with Crippen molar-refractivity contribution in [1.82, 2.24) is 0 Å². The number of carbonyl (C=O) groups is 1. The van der Waals surface area contributed by atoms with Crippen molar-refractivity contribution >= 4 is 32.0 Å². The van der Waals surface area contributed by atoms with Crippen molar-refractivity contribution in [2.24, 2.45) is 22.7 Å².